The average Bonchev–Trinajstić information content (AvgIpc) is 2.35. The Kier molecular flexibility index (Phi) is 2.40. The highest BCUT2D eigenvalue weighted by molar-refractivity contribution is 5.35. The maximum atomic E-state index is 6.21. The maximum absolute atomic E-state index is 6.21. The van der Waals surface area contributed by atoms with E-state index in [1.54, 1.807) is 13.3 Å². The predicted molar refractivity (Wildman–Crippen MR) is 64.9 cm³/mol. The minimum absolute atomic E-state index is 0.0794. The highest BCUT2D eigenvalue weighted by Gasteiger charge is 2.55. The molecular formula is C14H19NO2. The molecule has 2 atom stereocenters. The smallest absolute Gasteiger partial charge is 0.216 e. The molecule has 1 saturated carbocycles. The van der Waals surface area contributed by atoms with Gasteiger partial charge in [-0.05, 0) is 25.3 Å². The van der Waals surface area contributed by atoms with Crippen LogP contribution in [0.1, 0.15) is 38.2 Å². The molecule has 2 aliphatic rings. The molecule has 0 N–H and O–H groups in total. The van der Waals surface area contributed by atoms with Crippen molar-refractivity contribution in [2.45, 2.75) is 44.8 Å². The molecule has 0 unspecified atom stereocenters. The van der Waals surface area contributed by atoms with Gasteiger partial charge < -0.3 is 9.47 Å². The summed E-state index contributed by atoms with van der Waals surface area (Å²) >= 11 is 0. The molecule has 0 bridgehead atoms. The van der Waals surface area contributed by atoms with Crippen LogP contribution in [-0.2, 0) is 11.2 Å². The first-order chi connectivity index (χ1) is 8.19. The van der Waals surface area contributed by atoms with Gasteiger partial charge in [0, 0.05) is 36.9 Å². The van der Waals surface area contributed by atoms with Crippen molar-refractivity contribution in [2.24, 2.45) is 5.41 Å². The fourth-order valence-corrected chi connectivity index (χ4v) is 3.40. The van der Waals surface area contributed by atoms with Gasteiger partial charge >= 0.3 is 0 Å². The molecule has 1 fully saturated rings. The van der Waals surface area contributed by atoms with Gasteiger partial charge in [0.15, 0.2) is 0 Å². The van der Waals surface area contributed by atoms with Gasteiger partial charge in [-0.3, -0.25) is 4.98 Å². The summed E-state index contributed by atoms with van der Waals surface area (Å²) in [6.07, 6.45) is 9.31. The Hall–Kier alpha value is -1.09. The van der Waals surface area contributed by atoms with E-state index in [0.29, 0.717) is 0 Å². The van der Waals surface area contributed by atoms with E-state index in [9.17, 15) is 0 Å². The first-order valence-electron chi connectivity index (χ1n) is 6.36. The quantitative estimate of drug-likeness (QED) is 0.747. The maximum Gasteiger partial charge on any atom is 0.216 e. The van der Waals surface area contributed by atoms with Crippen molar-refractivity contribution < 1.29 is 9.47 Å². The number of aromatic nitrogens is 1. The second kappa shape index (κ2) is 3.70. The van der Waals surface area contributed by atoms with Crippen LogP contribution < -0.4 is 4.74 Å². The van der Waals surface area contributed by atoms with Crippen molar-refractivity contribution >= 4 is 0 Å². The molecule has 92 valence electrons. The lowest BCUT2D eigenvalue weighted by atomic mass is 9.66. The van der Waals surface area contributed by atoms with Crippen molar-refractivity contribution in [2.75, 3.05) is 7.11 Å². The van der Waals surface area contributed by atoms with Crippen molar-refractivity contribution in [3.63, 3.8) is 0 Å². The van der Waals surface area contributed by atoms with Gasteiger partial charge in [-0.15, -0.1) is 0 Å². The van der Waals surface area contributed by atoms with E-state index in [1.807, 2.05) is 12.3 Å². The lowest BCUT2D eigenvalue weighted by Crippen LogP contribution is -2.57. The summed E-state index contributed by atoms with van der Waals surface area (Å²) in [4.78, 5) is 4.19. The topological polar surface area (TPSA) is 31.4 Å². The van der Waals surface area contributed by atoms with Crippen LogP contribution >= 0.6 is 0 Å². The molecule has 0 aromatic carbocycles. The van der Waals surface area contributed by atoms with Gasteiger partial charge in [0.25, 0.3) is 0 Å². The third-order valence-electron chi connectivity index (χ3n) is 4.45. The van der Waals surface area contributed by atoms with E-state index >= 15 is 0 Å². The zero-order chi connectivity index (χ0) is 11.9. The Bertz CT molecular complexity index is 434. The number of hydrogen-bond donors (Lipinski definition) is 0. The minimum atomic E-state index is -0.431. The zero-order valence-electron chi connectivity index (χ0n) is 10.5. The second-order valence-electron chi connectivity index (χ2n) is 5.49. The summed E-state index contributed by atoms with van der Waals surface area (Å²) in [6.45, 7) is 2.28. The van der Waals surface area contributed by atoms with E-state index in [2.05, 4.69) is 11.9 Å². The van der Waals surface area contributed by atoms with Crippen molar-refractivity contribution in [1.29, 1.82) is 0 Å². The molecule has 0 saturated heterocycles. The summed E-state index contributed by atoms with van der Waals surface area (Å²) in [7, 11) is 1.77. The summed E-state index contributed by atoms with van der Waals surface area (Å²) in [5.74, 6) is 0.515. The van der Waals surface area contributed by atoms with Crippen LogP contribution in [0.15, 0.2) is 18.5 Å². The molecule has 1 aromatic heterocycles. The van der Waals surface area contributed by atoms with Gasteiger partial charge in [-0.25, -0.2) is 0 Å². The molecule has 3 rings (SSSR count). The van der Waals surface area contributed by atoms with Crippen LogP contribution in [0, 0.1) is 5.41 Å². The molecule has 3 heteroatoms. The third kappa shape index (κ3) is 1.48. The Labute approximate surface area is 102 Å². The van der Waals surface area contributed by atoms with Crippen LogP contribution in [-0.4, -0.2) is 17.9 Å². The molecule has 0 radical (unpaired) electrons. The Morgan fingerprint density at radius 3 is 3.00 bits per heavy atom. The predicted octanol–water partition coefficient (Wildman–Crippen LogP) is 2.94. The van der Waals surface area contributed by atoms with Gasteiger partial charge in [-0.1, -0.05) is 13.3 Å². The number of rotatable bonds is 1. The third-order valence-corrected chi connectivity index (χ3v) is 4.45. The van der Waals surface area contributed by atoms with E-state index in [1.165, 1.54) is 18.4 Å². The summed E-state index contributed by atoms with van der Waals surface area (Å²) in [6, 6.07) is 1.95. The van der Waals surface area contributed by atoms with Crippen LogP contribution in [0.5, 0.6) is 5.75 Å². The van der Waals surface area contributed by atoms with E-state index in [0.717, 1.165) is 25.0 Å². The fourth-order valence-electron chi connectivity index (χ4n) is 3.40. The standard InChI is InChI=1S/C14H19NO2/c1-13-6-3-4-7-14(13,16-2)17-12-5-8-15-10-11(12)9-13/h5,8,10H,3-4,6-7,9H2,1-2H3/t13-,14-/m1/s1. The minimum Gasteiger partial charge on any atom is -0.461 e. The molecule has 1 aliphatic heterocycles. The summed E-state index contributed by atoms with van der Waals surface area (Å²) in [5.41, 5.74) is 1.29. The Balaban J connectivity index is 2.06. The van der Waals surface area contributed by atoms with Crippen LogP contribution in [0.3, 0.4) is 0 Å². The Morgan fingerprint density at radius 1 is 1.35 bits per heavy atom. The van der Waals surface area contributed by atoms with Crippen molar-refractivity contribution in [3.8, 4) is 5.75 Å². The number of ether oxygens (including phenoxy) is 2. The molecule has 1 aromatic rings. The number of nitrogens with zero attached hydrogens (tertiary/aromatic N) is 1. The molecule has 17 heavy (non-hydrogen) atoms. The molecule has 2 heterocycles. The summed E-state index contributed by atoms with van der Waals surface area (Å²) in [5, 5.41) is 0. The lowest BCUT2D eigenvalue weighted by Gasteiger charge is -2.53. The monoisotopic (exact) mass is 233 g/mol. The molecular weight excluding hydrogens is 214 g/mol. The largest absolute Gasteiger partial charge is 0.461 e. The number of fused-ring (bicyclic) bond motifs is 2. The second-order valence-corrected chi connectivity index (χ2v) is 5.49. The van der Waals surface area contributed by atoms with Crippen molar-refractivity contribution in [3.05, 3.63) is 24.0 Å². The normalized spacial score (nSPS) is 35.6. The molecule has 0 spiro atoms. The van der Waals surface area contributed by atoms with Crippen LogP contribution in [0.2, 0.25) is 0 Å². The average molecular weight is 233 g/mol. The highest BCUT2D eigenvalue weighted by Crippen LogP contribution is 2.53. The van der Waals surface area contributed by atoms with Crippen LogP contribution in [0.4, 0.5) is 0 Å². The van der Waals surface area contributed by atoms with Crippen LogP contribution in [0.25, 0.3) is 0 Å². The first kappa shape index (κ1) is 11.0. The number of hydrogen-bond acceptors (Lipinski definition) is 3. The summed E-state index contributed by atoms with van der Waals surface area (Å²) < 4.78 is 12.0. The van der Waals surface area contributed by atoms with Crippen molar-refractivity contribution in [1.82, 2.24) is 4.98 Å². The lowest BCUT2D eigenvalue weighted by molar-refractivity contribution is -0.262. The van der Waals surface area contributed by atoms with Gasteiger partial charge in [0.05, 0.1) is 0 Å². The van der Waals surface area contributed by atoms with E-state index in [-0.39, 0.29) is 5.41 Å². The first-order valence-corrected chi connectivity index (χ1v) is 6.36. The van der Waals surface area contributed by atoms with Gasteiger partial charge in [0.1, 0.15) is 5.75 Å². The molecule has 3 nitrogen and oxygen atoms in total. The molecule has 0 amide bonds. The van der Waals surface area contributed by atoms with E-state index < -0.39 is 5.79 Å². The number of pyridine rings is 1. The van der Waals surface area contributed by atoms with Gasteiger partial charge in [-0.2, -0.15) is 0 Å². The van der Waals surface area contributed by atoms with Gasteiger partial charge in [0.2, 0.25) is 5.79 Å². The van der Waals surface area contributed by atoms with E-state index in [4.69, 9.17) is 9.47 Å². The SMILES string of the molecule is CO[C@@]12CCCC[C@]1(C)Cc1cnccc1O2. The highest BCUT2D eigenvalue weighted by atomic mass is 16.7. The Morgan fingerprint density at radius 2 is 2.18 bits per heavy atom. The zero-order valence-corrected chi connectivity index (χ0v) is 10.5. The number of methoxy groups -OCH3 is 1. The fraction of sp³-hybridized carbons (Fsp3) is 0.643. The molecule has 1 aliphatic carbocycles.